The fourth-order valence-corrected chi connectivity index (χ4v) is 3.63. The number of hydrogen-bond acceptors (Lipinski definition) is 5. The maximum absolute atomic E-state index is 12.5. The highest BCUT2D eigenvalue weighted by Crippen LogP contribution is 2.24. The van der Waals surface area contributed by atoms with Crippen LogP contribution in [0.25, 0.3) is 6.08 Å². The van der Waals surface area contributed by atoms with Gasteiger partial charge in [-0.05, 0) is 60.2 Å². The molecule has 0 radical (unpaired) electrons. The number of nitro groups is 1. The Labute approximate surface area is 181 Å². The Hall–Kier alpha value is -3.66. The Kier molecular flexibility index (Phi) is 7.39. The van der Waals surface area contributed by atoms with Crippen LogP contribution in [-0.2, 0) is 11.4 Å². The van der Waals surface area contributed by atoms with Gasteiger partial charge in [0.05, 0.1) is 4.92 Å². The van der Waals surface area contributed by atoms with Crippen LogP contribution in [0.3, 0.4) is 0 Å². The molecule has 0 unspecified atom stereocenters. The summed E-state index contributed by atoms with van der Waals surface area (Å²) in [5.41, 5.74) is 1.66. The lowest BCUT2D eigenvalue weighted by Crippen LogP contribution is -2.41. The van der Waals surface area contributed by atoms with E-state index < -0.39 is 4.92 Å². The SMILES string of the molecule is C[C@@H]1CCCC[C@@H]1NC(=O)/C(C#N)=C/c1ccc(OCc2ccc([N+](=O)[O-])cc2)cc1. The van der Waals surface area contributed by atoms with E-state index in [0.29, 0.717) is 11.7 Å². The molecule has 1 N–H and O–H groups in total. The summed E-state index contributed by atoms with van der Waals surface area (Å²) in [5.74, 6) is 0.707. The van der Waals surface area contributed by atoms with Crippen LogP contribution in [0.5, 0.6) is 5.75 Å². The number of nitro benzene ring substituents is 1. The van der Waals surface area contributed by atoms with Crippen molar-refractivity contribution in [3.05, 3.63) is 75.3 Å². The summed E-state index contributed by atoms with van der Waals surface area (Å²) in [6, 6.07) is 15.4. The Bertz CT molecular complexity index is 991. The molecule has 1 amide bonds. The van der Waals surface area contributed by atoms with Gasteiger partial charge in [-0.15, -0.1) is 0 Å². The molecule has 0 spiro atoms. The lowest BCUT2D eigenvalue weighted by atomic mass is 9.86. The summed E-state index contributed by atoms with van der Waals surface area (Å²) in [6.45, 7) is 2.41. The van der Waals surface area contributed by atoms with Crippen molar-refractivity contribution in [1.29, 1.82) is 5.26 Å². The minimum Gasteiger partial charge on any atom is -0.489 e. The minimum atomic E-state index is -0.442. The second kappa shape index (κ2) is 10.4. The normalized spacial score (nSPS) is 18.6. The molecule has 0 heterocycles. The van der Waals surface area contributed by atoms with Crippen molar-refractivity contribution in [2.75, 3.05) is 0 Å². The summed E-state index contributed by atoms with van der Waals surface area (Å²) in [4.78, 5) is 22.8. The average Bonchev–Trinajstić information content (AvgIpc) is 2.78. The third-order valence-corrected chi connectivity index (χ3v) is 5.54. The fourth-order valence-electron chi connectivity index (χ4n) is 3.63. The Morgan fingerprint density at radius 1 is 1.19 bits per heavy atom. The highest BCUT2D eigenvalue weighted by Gasteiger charge is 2.24. The molecule has 1 fully saturated rings. The zero-order valence-electron chi connectivity index (χ0n) is 17.4. The van der Waals surface area contributed by atoms with Crippen LogP contribution in [-0.4, -0.2) is 16.9 Å². The van der Waals surface area contributed by atoms with Gasteiger partial charge in [0.15, 0.2) is 0 Å². The van der Waals surface area contributed by atoms with Gasteiger partial charge in [0, 0.05) is 18.2 Å². The predicted molar refractivity (Wildman–Crippen MR) is 117 cm³/mol. The maximum Gasteiger partial charge on any atom is 0.269 e. The smallest absolute Gasteiger partial charge is 0.269 e. The van der Waals surface area contributed by atoms with Crippen molar-refractivity contribution >= 4 is 17.7 Å². The molecule has 31 heavy (non-hydrogen) atoms. The molecular weight excluding hydrogens is 394 g/mol. The van der Waals surface area contributed by atoms with Crippen molar-refractivity contribution < 1.29 is 14.5 Å². The number of amides is 1. The summed E-state index contributed by atoms with van der Waals surface area (Å²) >= 11 is 0. The largest absolute Gasteiger partial charge is 0.489 e. The van der Waals surface area contributed by atoms with Crippen LogP contribution in [0.1, 0.15) is 43.7 Å². The van der Waals surface area contributed by atoms with Crippen LogP contribution in [0.4, 0.5) is 5.69 Å². The van der Waals surface area contributed by atoms with Gasteiger partial charge in [0.2, 0.25) is 0 Å². The van der Waals surface area contributed by atoms with E-state index in [1.807, 2.05) is 6.07 Å². The number of nitrogens with one attached hydrogen (secondary N) is 1. The molecule has 0 aliphatic heterocycles. The molecule has 2 aromatic rings. The Balaban J connectivity index is 1.58. The zero-order valence-corrected chi connectivity index (χ0v) is 17.4. The Morgan fingerprint density at radius 2 is 1.87 bits per heavy atom. The highest BCUT2D eigenvalue weighted by atomic mass is 16.6. The summed E-state index contributed by atoms with van der Waals surface area (Å²) in [5, 5.41) is 23.1. The number of non-ortho nitro benzene ring substituents is 1. The summed E-state index contributed by atoms with van der Waals surface area (Å²) in [7, 11) is 0. The molecule has 3 rings (SSSR count). The van der Waals surface area contributed by atoms with E-state index in [2.05, 4.69) is 12.2 Å². The number of carbonyl (C=O) groups excluding carboxylic acids is 1. The van der Waals surface area contributed by atoms with E-state index in [1.54, 1.807) is 42.5 Å². The average molecular weight is 419 g/mol. The van der Waals surface area contributed by atoms with Gasteiger partial charge in [0.1, 0.15) is 24.0 Å². The van der Waals surface area contributed by atoms with Crippen molar-refractivity contribution in [2.45, 2.75) is 45.3 Å². The molecule has 2 atom stereocenters. The predicted octanol–water partition coefficient (Wildman–Crippen LogP) is 4.78. The molecule has 2 aromatic carbocycles. The van der Waals surface area contributed by atoms with Gasteiger partial charge >= 0.3 is 0 Å². The van der Waals surface area contributed by atoms with E-state index >= 15 is 0 Å². The first-order valence-corrected chi connectivity index (χ1v) is 10.3. The third kappa shape index (κ3) is 6.16. The minimum absolute atomic E-state index is 0.0372. The van der Waals surface area contributed by atoms with Gasteiger partial charge in [-0.2, -0.15) is 5.26 Å². The number of hydrogen-bond donors (Lipinski definition) is 1. The second-order valence-corrected chi connectivity index (χ2v) is 7.79. The first kappa shape index (κ1) is 22.0. The van der Waals surface area contributed by atoms with Crippen molar-refractivity contribution in [3.63, 3.8) is 0 Å². The molecular formula is C24H25N3O4. The first-order chi connectivity index (χ1) is 15.0. The van der Waals surface area contributed by atoms with E-state index in [1.165, 1.54) is 18.6 Å². The third-order valence-electron chi connectivity index (χ3n) is 5.54. The second-order valence-electron chi connectivity index (χ2n) is 7.79. The van der Waals surface area contributed by atoms with Crippen molar-refractivity contribution in [3.8, 4) is 11.8 Å². The number of rotatable bonds is 7. The van der Waals surface area contributed by atoms with Gasteiger partial charge < -0.3 is 10.1 Å². The van der Waals surface area contributed by atoms with E-state index in [9.17, 15) is 20.2 Å². The topological polar surface area (TPSA) is 105 Å². The van der Waals surface area contributed by atoms with Crippen LogP contribution in [0.2, 0.25) is 0 Å². The lowest BCUT2D eigenvalue weighted by Gasteiger charge is -2.29. The number of ether oxygens (including phenoxy) is 1. The number of nitrogens with zero attached hydrogens (tertiary/aromatic N) is 2. The zero-order chi connectivity index (χ0) is 22.2. The lowest BCUT2D eigenvalue weighted by molar-refractivity contribution is -0.384. The quantitative estimate of drug-likeness (QED) is 0.301. The molecule has 0 aromatic heterocycles. The van der Waals surface area contributed by atoms with Gasteiger partial charge in [0.25, 0.3) is 11.6 Å². The molecule has 0 bridgehead atoms. The monoisotopic (exact) mass is 419 g/mol. The van der Waals surface area contributed by atoms with Gasteiger partial charge in [-0.1, -0.05) is 31.9 Å². The molecule has 7 nitrogen and oxygen atoms in total. The van der Waals surface area contributed by atoms with E-state index in [-0.39, 0.29) is 29.8 Å². The maximum atomic E-state index is 12.5. The molecule has 160 valence electrons. The van der Waals surface area contributed by atoms with Crippen molar-refractivity contribution in [2.24, 2.45) is 5.92 Å². The summed E-state index contributed by atoms with van der Waals surface area (Å²) < 4.78 is 5.70. The summed E-state index contributed by atoms with van der Waals surface area (Å²) in [6.07, 6.45) is 5.91. The fraction of sp³-hybridized carbons (Fsp3) is 0.333. The number of nitriles is 1. The van der Waals surface area contributed by atoms with Crippen molar-refractivity contribution in [1.82, 2.24) is 5.32 Å². The van der Waals surface area contributed by atoms with Crippen LogP contribution >= 0.6 is 0 Å². The van der Waals surface area contributed by atoms with Crippen LogP contribution in [0, 0.1) is 27.4 Å². The highest BCUT2D eigenvalue weighted by molar-refractivity contribution is 6.01. The standard InChI is InChI=1S/C24H25N3O4/c1-17-4-2-3-5-23(17)26-24(28)20(15-25)14-18-8-12-22(13-9-18)31-16-19-6-10-21(11-7-19)27(29)30/h6-14,17,23H,2-5,16H2,1H3,(H,26,28)/b20-14+/t17-,23+/m1/s1. The molecule has 1 aliphatic rings. The van der Waals surface area contributed by atoms with Gasteiger partial charge in [-0.25, -0.2) is 0 Å². The van der Waals surface area contributed by atoms with E-state index in [4.69, 9.17) is 4.74 Å². The van der Waals surface area contributed by atoms with Crippen LogP contribution < -0.4 is 10.1 Å². The molecule has 1 saturated carbocycles. The molecule has 1 aliphatic carbocycles. The number of carbonyl (C=O) groups is 1. The molecule has 0 saturated heterocycles. The van der Waals surface area contributed by atoms with E-state index in [0.717, 1.165) is 30.4 Å². The molecule has 7 heteroatoms. The number of benzene rings is 2. The Morgan fingerprint density at radius 3 is 2.48 bits per heavy atom. The first-order valence-electron chi connectivity index (χ1n) is 10.3. The van der Waals surface area contributed by atoms with Crippen LogP contribution in [0.15, 0.2) is 54.1 Å². The van der Waals surface area contributed by atoms with Gasteiger partial charge in [-0.3, -0.25) is 14.9 Å².